The summed E-state index contributed by atoms with van der Waals surface area (Å²) in [5.74, 6) is 0.958. The van der Waals surface area contributed by atoms with Crippen LogP contribution in [0.5, 0.6) is 0 Å². The van der Waals surface area contributed by atoms with Gasteiger partial charge in [-0.25, -0.2) is 0 Å². The molecule has 3 N–H and O–H groups in total. The van der Waals surface area contributed by atoms with Crippen molar-refractivity contribution in [3.63, 3.8) is 0 Å². The molecule has 3 heterocycles. The number of benzene rings is 4. The highest BCUT2D eigenvalue weighted by Gasteiger charge is 2.24. The highest BCUT2D eigenvalue weighted by Crippen LogP contribution is 2.49. The largest absolute Gasteiger partial charge is 0.395 e. The summed E-state index contributed by atoms with van der Waals surface area (Å²) in [7, 11) is 0. The molecule has 1 atom stereocenters. The van der Waals surface area contributed by atoms with Crippen LogP contribution in [0.1, 0.15) is 13.3 Å². The molecule has 3 aromatic heterocycles. The zero-order valence-electron chi connectivity index (χ0n) is 20.7. The van der Waals surface area contributed by atoms with Gasteiger partial charge in [0, 0.05) is 42.4 Å². The van der Waals surface area contributed by atoms with Crippen molar-refractivity contribution in [1.82, 2.24) is 4.40 Å². The molecule has 0 aliphatic rings. The maximum absolute atomic E-state index is 6.91. The van der Waals surface area contributed by atoms with Crippen molar-refractivity contribution in [2.24, 2.45) is 0 Å². The Morgan fingerprint density at radius 1 is 0.919 bits per heavy atom. The van der Waals surface area contributed by atoms with E-state index in [-0.39, 0.29) is 6.04 Å². The molecule has 180 valence electrons. The average molecular weight is 498 g/mol. The summed E-state index contributed by atoms with van der Waals surface area (Å²) in [4.78, 5) is 0. The third-order valence-electron chi connectivity index (χ3n) is 7.42. The van der Waals surface area contributed by atoms with Crippen LogP contribution >= 0.6 is 11.3 Å². The first-order valence-corrected chi connectivity index (χ1v) is 13.5. The Labute approximate surface area is 219 Å². The Morgan fingerprint density at radius 3 is 2.54 bits per heavy atom. The molecule has 7 rings (SSSR count). The van der Waals surface area contributed by atoms with Gasteiger partial charge in [0.1, 0.15) is 5.82 Å². The lowest BCUT2D eigenvalue weighted by Crippen LogP contribution is -2.17. The van der Waals surface area contributed by atoms with E-state index >= 15 is 0 Å². The molecular formula is C33H27N3S. The molecule has 0 saturated heterocycles. The van der Waals surface area contributed by atoms with Gasteiger partial charge in [-0.05, 0) is 42.7 Å². The van der Waals surface area contributed by atoms with Gasteiger partial charge in [0.15, 0.2) is 0 Å². The van der Waals surface area contributed by atoms with Crippen molar-refractivity contribution >= 4 is 70.2 Å². The zero-order chi connectivity index (χ0) is 25.1. The molecule has 0 aliphatic carbocycles. The number of thiophene rings is 1. The second kappa shape index (κ2) is 8.39. The molecule has 0 bridgehead atoms. The lowest BCUT2D eigenvalue weighted by molar-refractivity contribution is 0.884. The van der Waals surface area contributed by atoms with E-state index in [2.05, 4.69) is 107 Å². The molecule has 0 saturated carbocycles. The number of hydrogen-bond acceptors (Lipinski definition) is 3. The van der Waals surface area contributed by atoms with Crippen molar-refractivity contribution in [2.45, 2.75) is 19.4 Å². The Kier molecular flexibility index (Phi) is 4.98. The van der Waals surface area contributed by atoms with Crippen LogP contribution < -0.4 is 11.1 Å². The summed E-state index contributed by atoms with van der Waals surface area (Å²) in [5.41, 5.74) is 12.6. The van der Waals surface area contributed by atoms with Crippen LogP contribution in [-0.2, 0) is 0 Å². The number of hydrogen-bond donors (Lipinski definition) is 2. The number of anilines is 2. The van der Waals surface area contributed by atoms with E-state index in [1.54, 1.807) is 0 Å². The monoisotopic (exact) mass is 497 g/mol. The number of nitrogen functional groups attached to an aromatic ring is 1. The third kappa shape index (κ3) is 3.19. The van der Waals surface area contributed by atoms with E-state index < -0.39 is 0 Å². The number of nitrogens with two attached hydrogens (primary N) is 1. The summed E-state index contributed by atoms with van der Waals surface area (Å²) in [6.45, 7) is 6.00. The van der Waals surface area contributed by atoms with Crippen molar-refractivity contribution < 1.29 is 0 Å². The van der Waals surface area contributed by atoms with Gasteiger partial charge >= 0.3 is 0 Å². The Balaban J connectivity index is 1.55. The fraction of sp³-hybridized carbons (Fsp3) is 0.0909. The van der Waals surface area contributed by atoms with Crippen LogP contribution in [0.25, 0.3) is 58.5 Å². The van der Waals surface area contributed by atoms with Crippen molar-refractivity contribution in [1.29, 1.82) is 0 Å². The van der Waals surface area contributed by atoms with Gasteiger partial charge in [-0.15, -0.1) is 17.9 Å². The molecule has 7 aromatic rings. The van der Waals surface area contributed by atoms with E-state index in [4.69, 9.17) is 5.73 Å². The van der Waals surface area contributed by atoms with Gasteiger partial charge in [-0.2, -0.15) is 0 Å². The highest BCUT2D eigenvalue weighted by atomic mass is 32.1. The summed E-state index contributed by atoms with van der Waals surface area (Å²) < 4.78 is 4.94. The molecule has 37 heavy (non-hydrogen) atoms. The highest BCUT2D eigenvalue weighted by molar-refractivity contribution is 7.26. The van der Waals surface area contributed by atoms with Crippen LogP contribution in [0.15, 0.2) is 104 Å². The Bertz CT molecular complexity index is 1970. The molecule has 0 amide bonds. The van der Waals surface area contributed by atoms with Gasteiger partial charge in [-0.1, -0.05) is 78.9 Å². The Morgan fingerprint density at radius 2 is 1.73 bits per heavy atom. The second-order valence-electron chi connectivity index (χ2n) is 9.62. The normalized spacial score (nSPS) is 13.1. The van der Waals surface area contributed by atoms with Crippen molar-refractivity contribution in [2.75, 3.05) is 11.1 Å². The van der Waals surface area contributed by atoms with Crippen LogP contribution in [0.3, 0.4) is 0 Å². The number of allylic oxidation sites excluding steroid dienone is 1. The maximum Gasteiger partial charge on any atom is 0.135 e. The molecular weight excluding hydrogens is 470 g/mol. The average Bonchev–Trinajstić information content (AvgIpc) is 3.55. The quantitative estimate of drug-likeness (QED) is 0.225. The number of rotatable bonds is 6. The standard InChI is InChI=1S/C33H27N3S/c1-3-10-22(11-4-2)35-33-30(34)26-19-25-23-17-16-21(20-12-6-5-7-13-20)18-28(23)37-32(25)29-24-14-8-9-15-27(24)36(33)31(26)29/h3-9,11-19,22,35H,1,10,34H2,2H3/b11-4-. The lowest BCUT2D eigenvalue weighted by Gasteiger charge is -2.15. The van der Waals surface area contributed by atoms with Gasteiger partial charge in [-0.3, -0.25) is 4.40 Å². The minimum Gasteiger partial charge on any atom is -0.395 e. The number of aromatic nitrogens is 1. The number of para-hydroxylation sites is 1. The van der Waals surface area contributed by atoms with Gasteiger partial charge in [0.2, 0.25) is 0 Å². The topological polar surface area (TPSA) is 42.5 Å². The predicted molar refractivity (Wildman–Crippen MR) is 163 cm³/mol. The van der Waals surface area contributed by atoms with E-state index in [1.807, 2.05) is 24.3 Å². The summed E-state index contributed by atoms with van der Waals surface area (Å²) in [5, 5.41) is 9.93. The Hall–Kier alpha value is -4.28. The first kappa shape index (κ1) is 22.0. The van der Waals surface area contributed by atoms with Gasteiger partial charge in [0.05, 0.1) is 16.7 Å². The minimum atomic E-state index is 0.125. The maximum atomic E-state index is 6.91. The SMILES string of the molecule is C=CCC(/C=C\C)Nc1c(N)c2cc3c4ccc(-c5ccccc5)cc4sc3c3c4ccccc4n1c23. The smallest absolute Gasteiger partial charge is 0.135 e. The van der Waals surface area contributed by atoms with Crippen LogP contribution in [-0.4, -0.2) is 10.4 Å². The van der Waals surface area contributed by atoms with Crippen LogP contribution in [0, 0.1) is 0 Å². The molecule has 0 spiro atoms. The van der Waals surface area contributed by atoms with Crippen LogP contribution in [0.4, 0.5) is 11.5 Å². The lowest BCUT2D eigenvalue weighted by atomic mass is 10.0. The number of nitrogens with one attached hydrogen (secondary N) is 1. The van der Waals surface area contributed by atoms with E-state index in [9.17, 15) is 0 Å². The van der Waals surface area contributed by atoms with Gasteiger partial charge in [0.25, 0.3) is 0 Å². The molecule has 0 aliphatic heterocycles. The molecule has 1 unspecified atom stereocenters. The van der Waals surface area contributed by atoms with Crippen LogP contribution in [0.2, 0.25) is 0 Å². The molecule has 3 nitrogen and oxygen atoms in total. The fourth-order valence-electron chi connectivity index (χ4n) is 5.79. The first-order chi connectivity index (χ1) is 18.2. The van der Waals surface area contributed by atoms with Gasteiger partial charge < -0.3 is 11.1 Å². The fourth-order valence-corrected chi connectivity index (χ4v) is 7.08. The van der Waals surface area contributed by atoms with E-state index in [0.29, 0.717) is 0 Å². The number of nitrogens with zero attached hydrogens (tertiary/aromatic N) is 1. The summed E-state index contributed by atoms with van der Waals surface area (Å²) in [6, 6.07) is 28.5. The number of fused-ring (bicyclic) bond motifs is 7. The second-order valence-corrected chi connectivity index (χ2v) is 10.7. The van der Waals surface area contributed by atoms with E-state index in [1.165, 1.54) is 53.1 Å². The predicted octanol–water partition coefficient (Wildman–Crippen LogP) is 9.23. The zero-order valence-corrected chi connectivity index (χ0v) is 21.5. The molecule has 4 heteroatoms. The summed E-state index contributed by atoms with van der Waals surface area (Å²) in [6.07, 6.45) is 7.02. The molecule has 0 radical (unpaired) electrons. The van der Waals surface area contributed by atoms with Crippen molar-refractivity contribution in [3.8, 4) is 11.1 Å². The van der Waals surface area contributed by atoms with E-state index in [0.717, 1.165) is 23.3 Å². The summed E-state index contributed by atoms with van der Waals surface area (Å²) >= 11 is 1.88. The van der Waals surface area contributed by atoms with Crippen molar-refractivity contribution in [3.05, 3.63) is 104 Å². The molecule has 0 fully saturated rings. The third-order valence-corrected chi connectivity index (χ3v) is 8.60. The molecule has 4 aromatic carbocycles. The minimum absolute atomic E-state index is 0.125. The first-order valence-electron chi connectivity index (χ1n) is 12.7.